The van der Waals surface area contributed by atoms with Crippen LogP contribution in [0.2, 0.25) is 0 Å². The van der Waals surface area contributed by atoms with Crippen LogP contribution in [-0.4, -0.2) is 30.1 Å². The number of carbonyl (C=O) groups excluding carboxylic acids is 1. The molecular weight excluding hydrogens is 218 g/mol. The number of ether oxygens (including phenoxy) is 1. The molecule has 0 fully saturated rings. The topological polar surface area (TPSA) is 77.2 Å². The van der Waals surface area contributed by atoms with Crippen molar-refractivity contribution in [3.05, 3.63) is 23.4 Å². The third-order valence-corrected chi connectivity index (χ3v) is 2.26. The van der Waals surface area contributed by atoms with E-state index in [1.54, 1.807) is 19.2 Å². The van der Waals surface area contributed by atoms with E-state index in [1.807, 2.05) is 0 Å². The summed E-state index contributed by atoms with van der Waals surface area (Å²) in [4.78, 5) is 15.3. The van der Waals surface area contributed by atoms with Gasteiger partial charge >= 0.3 is 0 Å². The van der Waals surface area contributed by atoms with E-state index in [0.717, 1.165) is 5.56 Å². The van der Waals surface area contributed by atoms with Gasteiger partial charge in [0.2, 0.25) is 5.88 Å². The van der Waals surface area contributed by atoms with Crippen molar-refractivity contribution in [3.63, 3.8) is 0 Å². The Morgan fingerprint density at radius 1 is 1.59 bits per heavy atom. The number of nitrogens with two attached hydrogens (primary N) is 1. The number of primary amides is 1. The normalized spacial score (nSPS) is 10.6. The maximum absolute atomic E-state index is 11.3. The van der Waals surface area contributed by atoms with Gasteiger partial charge in [-0.15, -0.1) is 0 Å². The van der Waals surface area contributed by atoms with Crippen LogP contribution < -0.4 is 15.8 Å². The molecule has 94 valence electrons. The molecule has 0 spiro atoms. The third kappa shape index (κ3) is 4.03. The number of hydrogen-bond donors (Lipinski definition) is 2. The van der Waals surface area contributed by atoms with Crippen LogP contribution in [0.3, 0.4) is 0 Å². The molecule has 1 aromatic heterocycles. The summed E-state index contributed by atoms with van der Waals surface area (Å²) >= 11 is 0. The Kier molecular flexibility index (Phi) is 4.90. The average molecular weight is 237 g/mol. The van der Waals surface area contributed by atoms with Crippen molar-refractivity contribution in [1.82, 2.24) is 10.3 Å². The number of pyridine rings is 1. The van der Waals surface area contributed by atoms with Gasteiger partial charge in [-0.05, 0) is 18.6 Å². The Morgan fingerprint density at radius 3 is 2.88 bits per heavy atom. The molecule has 0 aliphatic rings. The molecule has 1 heterocycles. The van der Waals surface area contributed by atoms with Crippen molar-refractivity contribution in [3.8, 4) is 5.88 Å². The first-order valence-electron chi connectivity index (χ1n) is 5.64. The van der Waals surface area contributed by atoms with Crippen LogP contribution in [0.5, 0.6) is 5.88 Å². The molecule has 0 aliphatic carbocycles. The summed E-state index contributed by atoms with van der Waals surface area (Å²) < 4.78 is 5.46. The zero-order chi connectivity index (χ0) is 12.8. The molecule has 1 amide bonds. The maximum atomic E-state index is 11.3. The minimum Gasteiger partial charge on any atom is -0.476 e. The Morgan fingerprint density at radius 2 is 2.29 bits per heavy atom. The number of hydrogen-bond acceptors (Lipinski definition) is 4. The molecule has 0 unspecified atom stereocenters. The number of nitrogens with one attached hydrogen (secondary N) is 1. The quantitative estimate of drug-likeness (QED) is 0.720. The van der Waals surface area contributed by atoms with E-state index in [9.17, 15) is 4.79 Å². The van der Waals surface area contributed by atoms with E-state index in [2.05, 4.69) is 24.1 Å². The highest BCUT2D eigenvalue weighted by atomic mass is 16.5. The lowest BCUT2D eigenvalue weighted by atomic mass is 10.1. The van der Waals surface area contributed by atoms with Crippen molar-refractivity contribution in [1.29, 1.82) is 0 Å². The fourth-order valence-corrected chi connectivity index (χ4v) is 1.44. The van der Waals surface area contributed by atoms with Crippen LogP contribution in [0.1, 0.15) is 29.8 Å². The van der Waals surface area contributed by atoms with E-state index < -0.39 is 5.91 Å². The van der Waals surface area contributed by atoms with Crippen molar-refractivity contribution in [2.45, 2.75) is 26.8 Å². The van der Waals surface area contributed by atoms with Crippen LogP contribution in [0.4, 0.5) is 0 Å². The summed E-state index contributed by atoms with van der Waals surface area (Å²) in [5, 5.41) is 3.21. The van der Waals surface area contributed by atoms with Gasteiger partial charge in [0, 0.05) is 18.8 Å². The van der Waals surface area contributed by atoms with E-state index in [4.69, 9.17) is 10.5 Å². The standard InChI is InChI=1S/C12H19N3O2/c1-8(2)14-6-7-17-12-10(11(13)16)9(3)4-5-15-12/h4-5,8,14H,6-7H2,1-3H3,(H2,13,16). The van der Waals surface area contributed by atoms with Gasteiger partial charge < -0.3 is 15.8 Å². The number of rotatable bonds is 6. The van der Waals surface area contributed by atoms with Crippen molar-refractivity contribution < 1.29 is 9.53 Å². The van der Waals surface area contributed by atoms with Crippen molar-refractivity contribution >= 4 is 5.91 Å². The van der Waals surface area contributed by atoms with Crippen LogP contribution in [0, 0.1) is 6.92 Å². The molecular formula is C12H19N3O2. The van der Waals surface area contributed by atoms with Gasteiger partial charge in [0.15, 0.2) is 0 Å². The number of aromatic nitrogens is 1. The first kappa shape index (κ1) is 13.4. The highest BCUT2D eigenvalue weighted by Crippen LogP contribution is 2.17. The van der Waals surface area contributed by atoms with Gasteiger partial charge in [-0.3, -0.25) is 4.79 Å². The van der Waals surface area contributed by atoms with Gasteiger partial charge in [-0.2, -0.15) is 0 Å². The van der Waals surface area contributed by atoms with Crippen molar-refractivity contribution in [2.75, 3.05) is 13.2 Å². The molecule has 3 N–H and O–H groups in total. The monoisotopic (exact) mass is 237 g/mol. The fraction of sp³-hybridized carbons (Fsp3) is 0.500. The minimum absolute atomic E-state index is 0.308. The molecule has 0 radical (unpaired) electrons. The summed E-state index contributed by atoms with van der Waals surface area (Å²) in [7, 11) is 0. The molecule has 1 rings (SSSR count). The van der Waals surface area contributed by atoms with Crippen LogP contribution in [0.15, 0.2) is 12.3 Å². The average Bonchev–Trinajstić information content (AvgIpc) is 2.23. The molecule has 0 aliphatic heterocycles. The van der Waals surface area contributed by atoms with E-state index >= 15 is 0 Å². The number of aryl methyl sites for hydroxylation is 1. The largest absolute Gasteiger partial charge is 0.476 e. The number of nitrogens with zero attached hydrogens (tertiary/aromatic N) is 1. The summed E-state index contributed by atoms with van der Waals surface area (Å²) in [6.45, 7) is 7.07. The second-order valence-corrected chi connectivity index (χ2v) is 4.13. The van der Waals surface area contributed by atoms with Crippen LogP contribution in [-0.2, 0) is 0 Å². The van der Waals surface area contributed by atoms with Gasteiger partial charge in [0.1, 0.15) is 12.2 Å². The first-order valence-corrected chi connectivity index (χ1v) is 5.64. The molecule has 0 atom stereocenters. The lowest BCUT2D eigenvalue weighted by Crippen LogP contribution is -2.28. The van der Waals surface area contributed by atoms with E-state index in [-0.39, 0.29) is 0 Å². The SMILES string of the molecule is Cc1ccnc(OCCNC(C)C)c1C(N)=O. The third-order valence-electron chi connectivity index (χ3n) is 2.26. The zero-order valence-electron chi connectivity index (χ0n) is 10.5. The molecule has 0 saturated carbocycles. The molecule has 0 aromatic carbocycles. The minimum atomic E-state index is -0.512. The van der Waals surface area contributed by atoms with E-state index in [1.165, 1.54) is 0 Å². The highest BCUT2D eigenvalue weighted by molar-refractivity contribution is 5.96. The fourth-order valence-electron chi connectivity index (χ4n) is 1.44. The molecule has 0 bridgehead atoms. The summed E-state index contributed by atoms with van der Waals surface area (Å²) in [5.74, 6) is -0.203. The first-order chi connectivity index (χ1) is 8.02. The van der Waals surface area contributed by atoms with Gasteiger partial charge in [0.25, 0.3) is 5.91 Å². The maximum Gasteiger partial charge on any atom is 0.254 e. The summed E-state index contributed by atoms with van der Waals surface area (Å²) in [6.07, 6.45) is 1.60. The number of amides is 1. The molecule has 5 nitrogen and oxygen atoms in total. The van der Waals surface area contributed by atoms with Crippen molar-refractivity contribution in [2.24, 2.45) is 5.73 Å². The molecule has 0 saturated heterocycles. The Hall–Kier alpha value is -1.62. The predicted octanol–water partition coefficient (Wildman–Crippen LogP) is 0.866. The lowest BCUT2D eigenvalue weighted by Gasteiger charge is -2.11. The lowest BCUT2D eigenvalue weighted by molar-refractivity contribution is 0.0994. The zero-order valence-corrected chi connectivity index (χ0v) is 10.5. The Balaban J connectivity index is 2.64. The Bertz CT molecular complexity index is 391. The molecule has 5 heteroatoms. The van der Waals surface area contributed by atoms with E-state index in [0.29, 0.717) is 30.6 Å². The second-order valence-electron chi connectivity index (χ2n) is 4.13. The van der Waals surface area contributed by atoms with Gasteiger partial charge in [-0.1, -0.05) is 13.8 Å². The summed E-state index contributed by atoms with van der Waals surface area (Å²) in [5.41, 5.74) is 6.43. The van der Waals surface area contributed by atoms with Crippen LogP contribution >= 0.6 is 0 Å². The van der Waals surface area contributed by atoms with Crippen LogP contribution in [0.25, 0.3) is 0 Å². The summed E-state index contributed by atoms with van der Waals surface area (Å²) in [6, 6.07) is 2.14. The highest BCUT2D eigenvalue weighted by Gasteiger charge is 2.13. The second kappa shape index (κ2) is 6.20. The molecule has 17 heavy (non-hydrogen) atoms. The molecule has 1 aromatic rings. The van der Waals surface area contributed by atoms with Gasteiger partial charge in [0.05, 0.1) is 0 Å². The van der Waals surface area contributed by atoms with Gasteiger partial charge in [-0.25, -0.2) is 4.98 Å². The number of carbonyl (C=O) groups is 1. The Labute approximate surface area is 101 Å². The predicted molar refractivity (Wildman–Crippen MR) is 66.1 cm³/mol. The smallest absolute Gasteiger partial charge is 0.254 e.